The molecule has 7 heteroatoms. The first kappa shape index (κ1) is 21.3. The van der Waals surface area contributed by atoms with Crippen molar-refractivity contribution in [3.63, 3.8) is 0 Å². The molecule has 0 radical (unpaired) electrons. The summed E-state index contributed by atoms with van der Waals surface area (Å²) in [6, 6.07) is 9.94. The van der Waals surface area contributed by atoms with E-state index in [0.717, 1.165) is 21.3 Å². The molecule has 144 valence electrons. The van der Waals surface area contributed by atoms with Gasteiger partial charge in [-0.25, -0.2) is 9.37 Å². The van der Waals surface area contributed by atoms with E-state index in [9.17, 15) is 9.18 Å². The molecule has 0 spiro atoms. The van der Waals surface area contributed by atoms with Gasteiger partial charge in [-0.05, 0) is 63.3 Å². The third-order valence-electron chi connectivity index (χ3n) is 4.13. The molecule has 0 aliphatic rings. The molecule has 0 fully saturated rings. The number of benzene rings is 2. The number of carbonyl (C=O) groups is 1. The van der Waals surface area contributed by atoms with E-state index >= 15 is 0 Å². The van der Waals surface area contributed by atoms with E-state index < -0.39 is 5.82 Å². The number of aryl methyl sites for hydroxylation is 2. The number of rotatable bonds is 5. The van der Waals surface area contributed by atoms with Crippen molar-refractivity contribution in [1.82, 2.24) is 9.88 Å². The summed E-state index contributed by atoms with van der Waals surface area (Å²) in [7, 11) is 3.91. The number of halogens is 2. The van der Waals surface area contributed by atoms with E-state index in [4.69, 9.17) is 4.98 Å². The van der Waals surface area contributed by atoms with Crippen LogP contribution in [-0.4, -0.2) is 43.0 Å². The number of amides is 1. The number of fused-ring (bicyclic) bond motifs is 1. The van der Waals surface area contributed by atoms with Crippen molar-refractivity contribution in [3.8, 4) is 0 Å². The quantitative estimate of drug-likeness (QED) is 0.616. The molecule has 0 aliphatic heterocycles. The number of hydrogen-bond donors (Lipinski definition) is 0. The molecule has 27 heavy (non-hydrogen) atoms. The fraction of sp³-hybridized carbons (Fsp3) is 0.300. The number of nitrogens with zero attached hydrogens (tertiary/aromatic N) is 3. The van der Waals surface area contributed by atoms with Crippen molar-refractivity contribution in [1.29, 1.82) is 0 Å². The Morgan fingerprint density at radius 3 is 2.56 bits per heavy atom. The molecule has 0 atom stereocenters. The second-order valence-electron chi connectivity index (χ2n) is 6.70. The van der Waals surface area contributed by atoms with E-state index in [0.29, 0.717) is 23.8 Å². The Kier molecular flexibility index (Phi) is 6.92. The third-order valence-corrected chi connectivity index (χ3v) is 5.36. The molecular weight excluding hydrogens is 385 g/mol. The molecular formula is C20H23ClFN3OS. The van der Waals surface area contributed by atoms with Crippen LogP contribution in [0.3, 0.4) is 0 Å². The van der Waals surface area contributed by atoms with Crippen LogP contribution in [0.5, 0.6) is 0 Å². The Morgan fingerprint density at radius 1 is 1.15 bits per heavy atom. The van der Waals surface area contributed by atoms with Gasteiger partial charge in [0.05, 0.1) is 10.2 Å². The van der Waals surface area contributed by atoms with Crippen LogP contribution >= 0.6 is 23.7 Å². The Morgan fingerprint density at radius 2 is 1.89 bits per heavy atom. The van der Waals surface area contributed by atoms with E-state index in [2.05, 4.69) is 13.0 Å². The molecule has 0 saturated carbocycles. The number of likely N-dealkylation sites (N-methyl/N-ethyl adjacent to an activating group) is 1. The highest BCUT2D eigenvalue weighted by molar-refractivity contribution is 7.22. The molecule has 3 rings (SSSR count). The standard InChI is InChI=1S/C20H22FN3OS.ClH/c1-13-10-14(2)18-17(11-13)22-20(26-18)24(9-8-23(3)4)19(25)15-6-5-7-16(21)12-15;/h5-7,10-12H,8-9H2,1-4H3;1H. The minimum atomic E-state index is -0.417. The predicted octanol–water partition coefficient (Wildman–Crippen LogP) is 4.68. The van der Waals surface area contributed by atoms with Gasteiger partial charge in [0, 0.05) is 18.7 Å². The fourth-order valence-electron chi connectivity index (χ4n) is 2.84. The predicted molar refractivity (Wildman–Crippen MR) is 113 cm³/mol. The van der Waals surface area contributed by atoms with Gasteiger partial charge in [-0.3, -0.25) is 9.69 Å². The summed E-state index contributed by atoms with van der Waals surface area (Å²) in [5.74, 6) is -0.654. The van der Waals surface area contributed by atoms with Gasteiger partial charge < -0.3 is 4.90 Å². The topological polar surface area (TPSA) is 36.4 Å². The van der Waals surface area contributed by atoms with E-state index in [-0.39, 0.29) is 18.3 Å². The van der Waals surface area contributed by atoms with Crippen molar-refractivity contribution in [2.75, 3.05) is 32.1 Å². The van der Waals surface area contributed by atoms with Crippen molar-refractivity contribution >= 4 is 45.0 Å². The van der Waals surface area contributed by atoms with E-state index in [1.165, 1.54) is 23.5 Å². The SMILES string of the molecule is Cc1cc(C)c2sc(N(CCN(C)C)C(=O)c3cccc(F)c3)nc2c1.Cl. The van der Waals surface area contributed by atoms with Crippen LogP contribution in [0.4, 0.5) is 9.52 Å². The maximum atomic E-state index is 13.6. The molecule has 1 heterocycles. The second-order valence-corrected chi connectivity index (χ2v) is 7.67. The minimum absolute atomic E-state index is 0. The summed E-state index contributed by atoms with van der Waals surface area (Å²) in [5.41, 5.74) is 3.51. The number of thiazole rings is 1. The number of aromatic nitrogens is 1. The average molecular weight is 408 g/mol. The Hall–Kier alpha value is -2.02. The van der Waals surface area contributed by atoms with E-state index in [1.807, 2.05) is 32.0 Å². The van der Waals surface area contributed by atoms with Crippen LogP contribution in [0.15, 0.2) is 36.4 Å². The van der Waals surface area contributed by atoms with Gasteiger partial charge in [0.25, 0.3) is 5.91 Å². The van der Waals surface area contributed by atoms with E-state index in [1.54, 1.807) is 17.0 Å². The summed E-state index contributed by atoms with van der Waals surface area (Å²) >= 11 is 1.50. The molecule has 0 saturated heterocycles. The summed E-state index contributed by atoms with van der Waals surface area (Å²) in [6.07, 6.45) is 0. The molecule has 0 aliphatic carbocycles. The molecule has 1 aromatic heterocycles. The lowest BCUT2D eigenvalue weighted by Gasteiger charge is -2.22. The highest BCUT2D eigenvalue weighted by Crippen LogP contribution is 2.32. The first-order valence-corrected chi connectivity index (χ1v) is 9.27. The molecule has 4 nitrogen and oxygen atoms in total. The molecule has 1 amide bonds. The lowest BCUT2D eigenvalue weighted by atomic mass is 10.1. The summed E-state index contributed by atoms with van der Waals surface area (Å²) < 4.78 is 14.7. The van der Waals surface area contributed by atoms with Gasteiger partial charge in [0.1, 0.15) is 5.82 Å². The van der Waals surface area contributed by atoms with Crippen LogP contribution in [0.2, 0.25) is 0 Å². The first-order chi connectivity index (χ1) is 12.3. The first-order valence-electron chi connectivity index (χ1n) is 8.45. The smallest absolute Gasteiger partial charge is 0.260 e. The maximum Gasteiger partial charge on any atom is 0.260 e. The number of carbonyl (C=O) groups excluding carboxylic acids is 1. The fourth-order valence-corrected chi connectivity index (χ4v) is 3.88. The lowest BCUT2D eigenvalue weighted by Crippen LogP contribution is -2.36. The maximum absolute atomic E-state index is 13.6. The zero-order chi connectivity index (χ0) is 18.8. The minimum Gasteiger partial charge on any atom is -0.308 e. The highest BCUT2D eigenvalue weighted by atomic mass is 35.5. The molecule has 2 aromatic carbocycles. The van der Waals surface area contributed by atoms with Crippen molar-refractivity contribution in [3.05, 3.63) is 58.9 Å². The van der Waals surface area contributed by atoms with Crippen LogP contribution in [0, 0.1) is 19.7 Å². The molecule has 0 unspecified atom stereocenters. The van der Waals surface area contributed by atoms with Crippen molar-refractivity contribution in [2.45, 2.75) is 13.8 Å². The van der Waals surface area contributed by atoms with Crippen molar-refractivity contribution < 1.29 is 9.18 Å². The number of anilines is 1. The highest BCUT2D eigenvalue weighted by Gasteiger charge is 2.22. The monoisotopic (exact) mass is 407 g/mol. The Labute approximate surface area is 169 Å². The average Bonchev–Trinajstić information content (AvgIpc) is 2.98. The van der Waals surface area contributed by atoms with Crippen molar-refractivity contribution in [2.24, 2.45) is 0 Å². The van der Waals surface area contributed by atoms with Crippen LogP contribution in [0.1, 0.15) is 21.5 Å². The molecule has 3 aromatic rings. The Bertz CT molecular complexity index is 958. The summed E-state index contributed by atoms with van der Waals surface area (Å²) in [5, 5.41) is 0.643. The lowest BCUT2D eigenvalue weighted by molar-refractivity contribution is 0.0985. The van der Waals surface area contributed by atoms with Gasteiger partial charge in [-0.1, -0.05) is 23.5 Å². The normalized spacial score (nSPS) is 10.9. The van der Waals surface area contributed by atoms with Crippen LogP contribution < -0.4 is 4.90 Å². The second kappa shape index (κ2) is 8.78. The third kappa shape index (κ3) is 4.83. The zero-order valence-electron chi connectivity index (χ0n) is 15.8. The molecule has 0 N–H and O–H groups in total. The van der Waals surface area contributed by atoms with Gasteiger partial charge >= 0.3 is 0 Å². The van der Waals surface area contributed by atoms with Gasteiger partial charge in [-0.15, -0.1) is 12.4 Å². The zero-order valence-corrected chi connectivity index (χ0v) is 17.5. The van der Waals surface area contributed by atoms with Gasteiger partial charge in [0.15, 0.2) is 5.13 Å². The number of hydrogen-bond acceptors (Lipinski definition) is 4. The summed E-state index contributed by atoms with van der Waals surface area (Å²) in [6.45, 7) is 5.26. The van der Waals surface area contributed by atoms with Crippen LogP contribution in [-0.2, 0) is 0 Å². The Balaban J connectivity index is 0.00000261. The van der Waals surface area contributed by atoms with Crippen LogP contribution in [0.25, 0.3) is 10.2 Å². The largest absolute Gasteiger partial charge is 0.308 e. The van der Waals surface area contributed by atoms with Gasteiger partial charge in [-0.2, -0.15) is 0 Å². The summed E-state index contributed by atoms with van der Waals surface area (Å²) in [4.78, 5) is 21.4. The van der Waals surface area contributed by atoms with Gasteiger partial charge in [0.2, 0.25) is 0 Å². The molecule has 0 bridgehead atoms.